The number of hydrogen-bond donors (Lipinski definition) is 2. The topological polar surface area (TPSA) is 116 Å². The summed E-state index contributed by atoms with van der Waals surface area (Å²) >= 11 is 1.04. The van der Waals surface area contributed by atoms with Gasteiger partial charge in [0.15, 0.2) is 0 Å². The zero-order valence-corrected chi connectivity index (χ0v) is 17.4. The van der Waals surface area contributed by atoms with Crippen LogP contribution in [0, 0.1) is 0 Å². The number of amides is 3. The predicted octanol–water partition coefficient (Wildman–Crippen LogP) is 3.04. The number of benzene rings is 2. The maximum atomic E-state index is 12.6. The Labute approximate surface area is 177 Å². The lowest BCUT2D eigenvalue weighted by atomic mass is 10.1. The third-order valence-corrected chi connectivity index (χ3v) is 5.12. The zero-order chi connectivity index (χ0) is 21.5. The fourth-order valence-corrected chi connectivity index (χ4v) is 3.42. The lowest BCUT2D eigenvalue weighted by molar-refractivity contribution is -0.119. The molecule has 3 rings (SSSR count). The normalized spacial score (nSPS) is 11.4. The Morgan fingerprint density at radius 3 is 2.30 bits per heavy atom. The molecule has 0 fully saturated rings. The minimum absolute atomic E-state index is 0.174. The number of thioether (sulfide) groups is 1. The molecule has 0 saturated heterocycles. The van der Waals surface area contributed by atoms with Crippen LogP contribution >= 0.6 is 11.8 Å². The highest BCUT2D eigenvalue weighted by Gasteiger charge is 2.26. The third-order valence-electron chi connectivity index (χ3n) is 4.03. The fraction of sp³-hybridized carbons (Fsp3) is 0.200. The molecule has 10 heteroatoms. The van der Waals surface area contributed by atoms with Crippen LogP contribution in [0.25, 0.3) is 11.5 Å². The number of methoxy groups -OCH3 is 2. The summed E-state index contributed by atoms with van der Waals surface area (Å²) in [5.41, 5.74) is 1.29. The molecular formula is C20H20N4O5S. The van der Waals surface area contributed by atoms with Crippen LogP contribution in [0.3, 0.4) is 0 Å². The van der Waals surface area contributed by atoms with E-state index < -0.39 is 17.2 Å². The number of urea groups is 1. The molecule has 3 aromatic rings. The van der Waals surface area contributed by atoms with Crippen LogP contribution in [0.15, 0.2) is 58.2 Å². The van der Waals surface area contributed by atoms with Crippen LogP contribution in [0.5, 0.6) is 11.5 Å². The Kier molecular flexibility index (Phi) is 6.91. The number of nitrogens with one attached hydrogen (secondary N) is 2. The quantitative estimate of drug-likeness (QED) is 0.552. The molecule has 30 heavy (non-hydrogen) atoms. The number of carbonyl (C=O) groups excluding carboxylic acids is 2. The number of rotatable bonds is 7. The van der Waals surface area contributed by atoms with Gasteiger partial charge in [-0.15, -0.1) is 10.2 Å². The lowest BCUT2D eigenvalue weighted by Gasteiger charge is -2.14. The molecule has 3 amide bonds. The van der Waals surface area contributed by atoms with Crippen molar-refractivity contribution in [3.8, 4) is 23.0 Å². The molecule has 2 aromatic carbocycles. The summed E-state index contributed by atoms with van der Waals surface area (Å²) in [5, 5.41) is 12.1. The van der Waals surface area contributed by atoms with Gasteiger partial charge >= 0.3 is 6.03 Å². The van der Waals surface area contributed by atoms with E-state index in [0.717, 1.165) is 11.8 Å². The van der Waals surface area contributed by atoms with E-state index in [4.69, 9.17) is 13.9 Å². The molecule has 9 nitrogen and oxygen atoms in total. The van der Waals surface area contributed by atoms with Gasteiger partial charge in [-0.05, 0) is 29.5 Å². The first-order chi connectivity index (χ1) is 14.5. The van der Waals surface area contributed by atoms with Crippen molar-refractivity contribution < 1.29 is 23.5 Å². The second-order valence-corrected chi connectivity index (χ2v) is 7.01. The van der Waals surface area contributed by atoms with Gasteiger partial charge < -0.3 is 19.2 Å². The van der Waals surface area contributed by atoms with Gasteiger partial charge in [0.25, 0.3) is 5.22 Å². The number of ether oxygens (including phenoxy) is 2. The van der Waals surface area contributed by atoms with Crippen LogP contribution in [0.4, 0.5) is 4.79 Å². The molecule has 1 unspecified atom stereocenters. The first-order valence-corrected chi connectivity index (χ1v) is 9.73. The Balaban J connectivity index is 1.87. The largest absolute Gasteiger partial charge is 0.497 e. The van der Waals surface area contributed by atoms with Gasteiger partial charge in [0, 0.05) is 18.7 Å². The van der Waals surface area contributed by atoms with Crippen LogP contribution in [0.1, 0.15) is 10.8 Å². The summed E-state index contributed by atoms with van der Waals surface area (Å²) in [6.45, 7) is 0. The molecule has 2 N–H and O–H groups in total. The van der Waals surface area contributed by atoms with E-state index in [-0.39, 0.29) is 11.1 Å². The summed E-state index contributed by atoms with van der Waals surface area (Å²) < 4.78 is 16.3. The Morgan fingerprint density at radius 2 is 1.70 bits per heavy atom. The van der Waals surface area contributed by atoms with E-state index in [1.807, 2.05) is 6.07 Å². The van der Waals surface area contributed by atoms with Crippen LogP contribution in [-0.4, -0.2) is 43.4 Å². The molecule has 0 aliphatic carbocycles. The molecule has 1 atom stereocenters. The van der Waals surface area contributed by atoms with Gasteiger partial charge in [-0.2, -0.15) is 0 Å². The highest BCUT2D eigenvalue weighted by Crippen LogP contribution is 2.37. The summed E-state index contributed by atoms with van der Waals surface area (Å²) in [4.78, 5) is 24.2. The summed E-state index contributed by atoms with van der Waals surface area (Å²) in [6, 6.07) is 13.6. The molecule has 0 spiro atoms. The average Bonchev–Trinajstić information content (AvgIpc) is 3.26. The van der Waals surface area contributed by atoms with Crippen molar-refractivity contribution in [3.05, 3.63) is 54.1 Å². The van der Waals surface area contributed by atoms with Gasteiger partial charge in [-0.25, -0.2) is 4.79 Å². The van der Waals surface area contributed by atoms with Gasteiger partial charge in [0.2, 0.25) is 11.8 Å². The van der Waals surface area contributed by atoms with Crippen molar-refractivity contribution in [1.29, 1.82) is 0 Å². The maximum Gasteiger partial charge on any atom is 0.321 e. The van der Waals surface area contributed by atoms with Crippen LogP contribution in [0.2, 0.25) is 0 Å². The fourth-order valence-electron chi connectivity index (χ4n) is 2.55. The van der Waals surface area contributed by atoms with Gasteiger partial charge in [0.1, 0.15) is 16.7 Å². The van der Waals surface area contributed by atoms with E-state index in [1.165, 1.54) is 7.05 Å². The monoisotopic (exact) mass is 428 g/mol. The van der Waals surface area contributed by atoms with E-state index in [9.17, 15) is 9.59 Å². The molecule has 0 saturated carbocycles. The van der Waals surface area contributed by atoms with Crippen molar-refractivity contribution in [3.63, 3.8) is 0 Å². The smallest absolute Gasteiger partial charge is 0.321 e. The number of hydrogen-bond acceptors (Lipinski definition) is 8. The lowest BCUT2D eigenvalue weighted by Crippen LogP contribution is -2.39. The average molecular weight is 428 g/mol. The van der Waals surface area contributed by atoms with Crippen molar-refractivity contribution in [1.82, 2.24) is 20.8 Å². The molecule has 0 aliphatic heterocycles. The van der Waals surface area contributed by atoms with Gasteiger partial charge in [-0.3, -0.25) is 10.1 Å². The zero-order valence-electron chi connectivity index (χ0n) is 16.5. The number of carbonyl (C=O) groups is 2. The molecular weight excluding hydrogens is 408 g/mol. The minimum Gasteiger partial charge on any atom is -0.497 e. The second-order valence-electron chi connectivity index (χ2n) is 5.95. The number of nitrogens with zero attached hydrogens (tertiary/aromatic N) is 2. The van der Waals surface area contributed by atoms with E-state index in [0.29, 0.717) is 22.6 Å². The van der Waals surface area contributed by atoms with Crippen molar-refractivity contribution in [2.45, 2.75) is 10.5 Å². The molecule has 1 aromatic heterocycles. The summed E-state index contributed by atoms with van der Waals surface area (Å²) in [7, 11) is 4.52. The third kappa shape index (κ3) is 5.09. The first-order valence-electron chi connectivity index (χ1n) is 8.85. The number of aromatic nitrogens is 2. The van der Waals surface area contributed by atoms with Gasteiger partial charge in [0.05, 0.1) is 14.2 Å². The van der Waals surface area contributed by atoms with Crippen molar-refractivity contribution in [2.75, 3.05) is 21.3 Å². The standard InChI is InChI=1S/C20H20N4O5S/c1-21-19(26)22-17(25)16(12-7-5-4-6-8-12)30-20-24-23-18(29-20)13-9-14(27-2)11-15(10-13)28-3/h4-11,16H,1-3H3,(H2,21,22,25,26). The van der Waals surface area contributed by atoms with E-state index in [2.05, 4.69) is 20.8 Å². The second kappa shape index (κ2) is 9.79. The molecule has 0 aliphatic rings. The first kappa shape index (κ1) is 21.2. The highest BCUT2D eigenvalue weighted by molar-refractivity contribution is 8.00. The molecule has 1 heterocycles. The van der Waals surface area contributed by atoms with E-state index >= 15 is 0 Å². The maximum absolute atomic E-state index is 12.6. The van der Waals surface area contributed by atoms with Crippen LogP contribution in [-0.2, 0) is 4.79 Å². The van der Waals surface area contributed by atoms with Gasteiger partial charge in [-0.1, -0.05) is 30.3 Å². The summed E-state index contributed by atoms with van der Waals surface area (Å²) in [5.74, 6) is 0.884. The minimum atomic E-state index is -0.767. The summed E-state index contributed by atoms with van der Waals surface area (Å²) in [6.07, 6.45) is 0. The Bertz CT molecular complexity index is 1000. The highest BCUT2D eigenvalue weighted by atomic mass is 32.2. The van der Waals surface area contributed by atoms with Crippen LogP contribution < -0.4 is 20.1 Å². The Hall–Kier alpha value is -3.53. The molecule has 0 radical (unpaired) electrons. The van der Waals surface area contributed by atoms with Crippen molar-refractivity contribution in [2.24, 2.45) is 0 Å². The number of imide groups is 1. The molecule has 0 bridgehead atoms. The SMILES string of the molecule is CNC(=O)NC(=O)C(Sc1nnc(-c2cc(OC)cc(OC)c2)o1)c1ccccc1. The Morgan fingerprint density at radius 1 is 1.03 bits per heavy atom. The predicted molar refractivity (Wildman–Crippen MR) is 110 cm³/mol. The molecule has 156 valence electrons. The van der Waals surface area contributed by atoms with Crippen molar-refractivity contribution >= 4 is 23.7 Å². The van der Waals surface area contributed by atoms with E-state index in [1.54, 1.807) is 56.7 Å².